The van der Waals surface area contributed by atoms with Crippen LogP contribution in [0.4, 0.5) is 5.69 Å². The summed E-state index contributed by atoms with van der Waals surface area (Å²) in [6, 6.07) is 5.54. The lowest BCUT2D eigenvalue weighted by atomic mass is 10.1. The van der Waals surface area contributed by atoms with Crippen LogP contribution < -0.4 is 9.64 Å². The molecule has 0 fully saturated rings. The Kier molecular flexibility index (Phi) is 5.62. The molecule has 1 aliphatic rings. The van der Waals surface area contributed by atoms with E-state index in [0.29, 0.717) is 5.75 Å². The summed E-state index contributed by atoms with van der Waals surface area (Å²) in [5, 5.41) is 9.21. The third-order valence-corrected chi connectivity index (χ3v) is 3.90. The number of amides is 1. The number of hydrogen-bond acceptors (Lipinski definition) is 3. The van der Waals surface area contributed by atoms with Crippen LogP contribution in [0.1, 0.15) is 51.5 Å². The average Bonchev–Trinajstić information content (AvgIpc) is 2.50. The minimum atomic E-state index is -0.456. The van der Waals surface area contributed by atoms with Gasteiger partial charge in [-0.1, -0.05) is 38.7 Å². The van der Waals surface area contributed by atoms with Crippen molar-refractivity contribution in [1.82, 2.24) is 0 Å². The van der Waals surface area contributed by atoms with Crippen molar-refractivity contribution in [2.24, 2.45) is 0 Å². The third-order valence-electron chi connectivity index (χ3n) is 3.90. The van der Waals surface area contributed by atoms with Crippen LogP contribution in [0.25, 0.3) is 0 Å². The van der Waals surface area contributed by atoms with Gasteiger partial charge in [0, 0.05) is 6.54 Å². The zero-order chi connectivity index (χ0) is 15.2. The number of fused-ring (bicyclic) bond motifs is 1. The van der Waals surface area contributed by atoms with E-state index in [9.17, 15) is 9.90 Å². The van der Waals surface area contributed by atoms with E-state index in [2.05, 4.69) is 6.92 Å². The maximum atomic E-state index is 12.3. The molecule has 1 amide bonds. The molecular weight excluding hydrogens is 266 g/mol. The lowest BCUT2D eigenvalue weighted by molar-refractivity contribution is -0.125. The van der Waals surface area contributed by atoms with Gasteiger partial charge in [-0.2, -0.15) is 0 Å². The number of unbranched alkanes of at least 4 members (excludes halogenated alkanes) is 4. The monoisotopic (exact) mass is 291 g/mol. The van der Waals surface area contributed by atoms with E-state index < -0.39 is 6.10 Å². The van der Waals surface area contributed by atoms with Crippen molar-refractivity contribution >= 4 is 11.6 Å². The predicted octanol–water partition coefficient (Wildman–Crippen LogP) is 3.26. The second-order valence-corrected chi connectivity index (χ2v) is 5.62. The first-order valence-electron chi connectivity index (χ1n) is 7.89. The van der Waals surface area contributed by atoms with Gasteiger partial charge in [0.25, 0.3) is 5.91 Å². The Morgan fingerprint density at radius 1 is 1.24 bits per heavy atom. The van der Waals surface area contributed by atoms with Crippen LogP contribution in [0.5, 0.6) is 5.75 Å². The number of ether oxygens (including phenoxy) is 1. The highest BCUT2D eigenvalue weighted by Crippen LogP contribution is 2.35. The lowest BCUT2D eigenvalue weighted by Gasteiger charge is -2.33. The van der Waals surface area contributed by atoms with Crippen LogP contribution in [-0.4, -0.2) is 23.7 Å². The molecule has 2 rings (SSSR count). The maximum absolute atomic E-state index is 12.3. The highest BCUT2D eigenvalue weighted by molar-refractivity contribution is 5.99. The molecule has 1 heterocycles. The molecule has 1 atom stereocenters. The molecule has 1 unspecified atom stereocenters. The van der Waals surface area contributed by atoms with Crippen molar-refractivity contribution in [3.63, 3.8) is 0 Å². The second-order valence-electron chi connectivity index (χ2n) is 5.62. The van der Waals surface area contributed by atoms with E-state index in [4.69, 9.17) is 4.74 Å². The third kappa shape index (κ3) is 3.76. The largest absolute Gasteiger partial charge is 0.479 e. The van der Waals surface area contributed by atoms with Gasteiger partial charge >= 0.3 is 0 Å². The summed E-state index contributed by atoms with van der Waals surface area (Å²) in [4.78, 5) is 14.1. The molecule has 1 aliphatic heterocycles. The fourth-order valence-electron chi connectivity index (χ4n) is 2.66. The summed E-state index contributed by atoms with van der Waals surface area (Å²) >= 11 is 0. The van der Waals surface area contributed by atoms with Crippen molar-refractivity contribution in [1.29, 1.82) is 0 Å². The number of carbonyl (C=O) groups is 1. The molecule has 0 spiro atoms. The second kappa shape index (κ2) is 7.46. The van der Waals surface area contributed by atoms with E-state index in [-0.39, 0.29) is 12.5 Å². The van der Waals surface area contributed by atoms with Crippen molar-refractivity contribution in [3.05, 3.63) is 23.8 Å². The molecule has 4 nitrogen and oxygen atoms in total. The standard InChI is InChI=1S/C17H25NO3/c1-3-4-5-6-7-10-18-15-9-8-14(12-19)11-16(15)21-13(2)17(18)20/h8-9,11,13,19H,3-7,10,12H2,1-2H3. The molecule has 1 N–H and O–H groups in total. The Morgan fingerprint density at radius 2 is 2.00 bits per heavy atom. The molecule has 0 radical (unpaired) electrons. The Balaban J connectivity index is 2.07. The van der Waals surface area contributed by atoms with Gasteiger partial charge in [0.05, 0.1) is 12.3 Å². The van der Waals surface area contributed by atoms with E-state index in [1.165, 1.54) is 19.3 Å². The molecule has 116 valence electrons. The van der Waals surface area contributed by atoms with Crippen LogP contribution in [-0.2, 0) is 11.4 Å². The van der Waals surface area contributed by atoms with Crippen molar-refractivity contribution in [3.8, 4) is 5.75 Å². The molecule has 0 saturated carbocycles. The van der Waals surface area contributed by atoms with Gasteiger partial charge in [-0.25, -0.2) is 0 Å². The quantitative estimate of drug-likeness (QED) is 0.784. The number of aliphatic hydroxyl groups excluding tert-OH is 1. The minimum absolute atomic E-state index is 0.0179. The summed E-state index contributed by atoms with van der Waals surface area (Å²) in [6.45, 7) is 4.70. The molecule has 0 aromatic heterocycles. The SMILES string of the molecule is CCCCCCCN1C(=O)C(C)Oc2cc(CO)ccc21. The topological polar surface area (TPSA) is 49.8 Å². The number of carbonyl (C=O) groups excluding carboxylic acids is 1. The number of aliphatic hydroxyl groups is 1. The first-order valence-corrected chi connectivity index (χ1v) is 7.89. The van der Waals surface area contributed by atoms with E-state index >= 15 is 0 Å². The Bertz CT molecular complexity index is 487. The zero-order valence-corrected chi connectivity index (χ0v) is 13.0. The maximum Gasteiger partial charge on any atom is 0.267 e. The summed E-state index contributed by atoms with van der Waals surface area (Å²) < 4.78 is 5.66. The number of benzene rings is 1. The molecule has 1 aromatic carbocycles. The van der Waals surface area contributed by atoms with Crippen LogP contribution >= 0.6 is 0 Å². The molecule has 21 heavy (non-hydrogen) atoms. The van der Waals surface area contributed by atoms with Crippen LogP contribution in [0, 0.1) is 0 Å². The van der Waals surface area contributed by atoms with Gasteiger partial charge in [0.15, 0.2) is 6.10 Å². The fourth-order valence-corrected chi connectivity index (χ4v) is 2.66. The summed E-state index contributed by atoms with van der Waals surface area (Å²) in [5.41, 5.74) is 1.63. The molecular formula is C17H25NO3. The summed E-state index contributed by atoms with van der Waals surface area (Å²) in [7, 11) is 0. The number of rotatable bonds is 7. The summed E-state index contributed by atoms with van der Waals surface area (Å²) in [6.07, 6.45) is 5.41. The molecule has 0 bridgehead atoms. The average molecular weight is 291 g/mol. The van der Waals surface area contributed by atoms with Gasteiger partial charge in [-0.15, -0.1) is 0 Å². The van der Waals surface area contributed by atoms with Gasteiger partial charge in [0.1, 0.15) is 5.75 Å². The van der Waals surface area contributed by atoms with Gasteiger partial charge in [-0.3, -0.25) is 4.79 Å². The number of nitrogens with zero attached hydrogens (tertiary/aromatic N) is 1. The van der Waals surface area contributed by atoms with Crippen LogP contribution in [0.3, 0.4) is 0 Å². The highest BCUT2D eigenvalue weighted by Gasteiger charge is 2.31. The predicted molar refractivity (Wildman–Crippen MR) is 83.6 cm³/mol. The van der Waals surface area contributed by atoms with Gasteiger partial charge in [-0.05, 0) is 31.0 Å². The van der Waals surface area contributed by atoms with Crippen molar-refractivity contribution < 1.29 is 14.6 Å². The first-order chi connectivity index (χ1) is 10.2. The summed E-state index contributed by atoms with van der Waals surface area (Å²) in [5.74, 6) is 0.719. The lowest BCUT2D eigenvalue weighted by Crippen LogP contribution is -2.44. The number of anilines is 1. The fraction of sp³-hybridized carbons (Fsp3) is 0.588. The van der Waals surface area contributed by atoms with Gasteiger partial charge < -0.3 is 14.7 Å². The highest BCUT2D eigenvalue weighted by atomic mass is 16.5. The van der Waals surface area contributed by atoms with E-state index in [0.717, 1.165) is 30.6 Å². The Labute approximate surface area is 126 Å². The smallest absolute Gasteiger partial charge is 0.267 e. The van der Waals surface area contributed by atoms with Gasteiger partial charge in [0.2, 0.25) is 0 Å². The van der Waals surface area contributed by atoms with E-state index in [1.54, 1.807) is 6.92 Å². The van der Waals surface area contributed by atoms with E-state index in [1.807, 2.05) is 23.1 Å². The minimum Gasteiger partial charge on any atom is -0.479 e. The normalized spacial score (nSPS) is 17.6. The molecule has 0 aliphatic carbocycles. The van der Waals surface area contributed by atoms with Crippen molar-refractivity contribution in [2.75, 3.05) is 11.4 Å². The molecule has 0 saturated heterocycles. The number of hydrogen-bond donors (Lipinski definition) is 1. The molecule has 4 heteroatoms. The van der Waals surface area contributed by atoms with Crippen molar-refractivity contribution in [2.45, 2.75) is 58.7 Å². The molecule has 1 aromatic rings. The van der Waals surface area contributed by atoms with Crippen LogP contribution in [0.2, 0.25) is 0 Å². The van der Waals surface area contributed by atoms with Crippen LogP contribution in [0.15, 0.2) is 18.2 Å². The Morgan fingerprint density at radius 3 is 2.71 bits per heavy atom. The first kappa shape index (κ1) is 15.8. The zero-order valence-electron chi connectivity index (χ0n) is 13.0. The Hall–Kier alpha value is -1.55.